The molecule has 0 saturated heterocycles. The van der Waals surface area contributed by atoms with Crippen LogP contribution in [0.25, 0.3) is 6.08 Å². The standard InChI is InChI=1S/C18H16ClNO2/c1-2-13-22-15-10-7-14(8-11-15)9-12-18(21)20-17-6-4-3-5-16(17)19/h2-12H,1,13H2,(H,20,21)/b12-9+. The van der Waals surface area contributed by atoms with Crippen LogP contribution in [0.2, 0.25) is 5.02 Å². The summed E-state index contributed by atoms with van der Waals surface area (Å²) >= 11 is 5.98. The number of rotatable bonds is 6. The summed E-state index contributed by atoms with van der Waals surface area (Å²) in [7, 11) is 0. The van der Waals surface area contributed by atoms with Crippen molar-refractivity contribution in [3.05, 3.63) is 77.8 Å². The number of amides is 1. The Kier molecular flexibility index (Phi) is 5.81. The fraction of sp³-hybridized carbons (Fsp3) is 0.0556. The highest BCUT2D eigenvalue weighted by Gasteiger charge is 2.01. The second-order valence-corrected chi connectivity index (χ2v) is 4.88. The van der Waals surface area contributed by atoms with E-state index in [0.29, 0.717) is 17.3 Å². The van der Waals surface area contributed by atoms with Gasteiger partial charge in [-0.05, 0) is 35.9 Å². The molecule has 0 aliphatic carbocycles. The van der Waals surface area contributed by atoms with Gasteiger partial charge in [0.05, 0.1) is 10.7 Å². The van der Waals surface area contributed by atoms with Gasteiger partial charge in [0.2, 0.25) is 5.91 Å². The Labute approximate surface area is 134 Å². The van der Waals surface area contributed by atoms with Crippen molar-refractivity contribution >= 4 is 29.3 Å². The van der Waals surface area contributed by atoms with Crippen LogP contribution >= 0.6 is 11.6 Å². The second-order valence-electron chi connectivity index (χ2n) is 4.47. The molecule has 0 heterocycles. The Morgan fingerprint density at radius 2 is 1.91 bits per heavy atom. The van der Waals surface area contributed by atoms with Gasteiger partial charge in [0.15, 0.2) is 0 Å². The maximum Gasteiger partial charge on any atom is 0.248 e. The van der Waals surface area contributed by atoms with E-state index >= 15 is 0 Å². The Hall–Kier alpha value is -2.52. The number of hydrogen-bond acceptors (Lipinski definition) is 2. The molecule has 1 N–H and O–H groups in total. The molecule has 0 fully saturated rings. The molecular formula is C18H16ClNO2. The van der Waals surface area contributed by atoms with E-state index in [0.717, 1.165) is 11.3 Å². The number of hydrogen-bond donors (Lipinski definition) is 1. The Morgan fingerprint density at radius 1 is 1.18 bits per heavy atom. The molecule has 0 aliphatic rings. The van der Waals surface area contributed by atoms with Crippen LogP contribution in [0.5, 0.6) is 5.75 Å². The summed E-state index contributed by atoms with van der Waals surface area (Å²) in [5, 5.41) is 3.23. The van der Waals surface area contributed by atoms with Crippen LogP contribution in [0, 0.1) is 0 Å². The summed E-state index contributed by atoms with van der Waals surface area (Å²) in [4.78, 5) is 11.9. The molecule has 112 valence electrons. The second kappa shape index (κ2) is 8.05. The van der Waals surface area contributed by atoms with E-state index in [4.69, 9.17) is 16.3 Å². The van der Waals surface area contributed by atoms with Crippen LogP contribution in [-0.4, -0.2) is 12.5 Å². The topological polar surface area (TPSA) is 38.3 Å². The van der Waals surface area contributed by atoms with Crippen LogP contribution in [0.15, 0.2) is 67.3 Å². The van der Waals surface area contributed by atoms with Gasteiger partial charge in [-0.2, -0.15) is 0 Å². The molecule has 3 nitrogen and oxygen atoms in total. The van der Waals surface area contributed by atoms with Gasteiger partial charge in [-0.25, -0.2) is 0 Å². The molecule has 22 heavy (non-hydrogen) atoms. The van der Waals surface area contributed by atoms with Crippen LogP contribution < -0.4 is 10.1 Å². The van der Waals surface area contributed by atoms with Gasteiger partial charge in [-0.15, -0.1) is 0 Å². The summed E-state index contributed by atoms with van der Waals surface area (Å²) in [6.45, 7) is 4.06. The lowest BCUT2D eigenvalue weighted by atomic mass is 10.2. The number of ether oxygens (including phenoxy) is 1. The molecule has 2 aromatic rings. The number of para-hydroxylation sites is 1. The number of benzene rings is 2. The molecule has 0 unspecified atom stereocenters. The highest BCUT2D eigenvalue weighted by Crippen LogP contribution is 2.20. The largest absolute Gasteiger partial charge is 0.490 e. The van der Waals surface area contributed by atoms with E-state index in [1.165, 1.54) is 6.08 Å². The lowest BCUT2D eigenvalue weighted by Gasteiger charge is -2.04. The number of halogens is 1. The predicted octanol–water partition coefficient (Wildman–Crippen LogP) is 4.56. The van der Waals surface area contributed by atoms with E-state index in [1.54, 1.807) is 24.3 Å². The SMILES string of the molecule is C=CCOc1ccc(/C=C/C(=O)Nc2ccccc2Cl)cc1. The minimum Gasteiger partial charge on any atom is -0.490 e. The number of carbonyl (C=O) groups is 1. The molecule has 0 radical (unpaired) electrons. The third-order valence-electron chi connectivity index (χ3n) is 2.81. The monoisotopic (exact) mass is 313 g/mol. The summed E-state index contributed by atoms with van der Waals surface area (Å²) < 4.78 is 5.39. The summed E-state index contributed by atoms with van der Waals surface area (Å²) in [6.07, 6.45) is 4.87. The predicted molar refractivity (Wildman–Crippen MR) is 91.2 cm³/mol. The van der Waals surface area contributed by atoms with Crippen LogP contribution in [0.1, 0.15) is 5.56 Å². The van der Waals surface area contributed by atoms with E-state index < -0.39 is 0 Å². The van der Waals surface area contributed by atoms with E-state index in [9.17, 15) is 4.79 Å². The number of carbonyl (C=O) groups excluding carboxylic acids is 1. The molecule has 0 aliphatic heterocycles. The van der Waals surface area contributed by atoms with Crippen molar-refractivity contribution in [3.8, 4) is 5.75 Å². The van der Waals surface area contributed by atoms with Crippen molar-refractivity contribution in [1.82, 2.24) is 0 Å². The van der Waals surface area contributed by atoms with Crippen LogP contribution in [0.4, 0.5) is 5.69 Å². The fourth-order valence-corrected chi connectivity index (χ4v) is 1.92. The first-order valence-corrected chi connectivity index (χ1v) is 7.14. The summed E-state index contributed by atoms with van der Waals surface area (Å²) in [5.74, 6) is 0.526. The van der Waals surface area contributed by atoms with Crippen molar-refractivity contribution in [2.45, 2.75) is 0 Å². The summed E-state index contributed by atoms with van der Waals surface area (Å²) in [5.41, 5.74) is 1.49. The first-order valence-electron chi connectivity index (χ1n) is 6.76. The third-order valence-corrected chi connectivity index (χ3v) is 3.14. The Bertz CT molecular complexity index is 678. The van der Waals surface area contributed by atoms with Gasteiger partial charge in [0, 0.05) is 6.08 Å². The van der Waals surface area contributed by atoms with Crippen molar-refractivity contribution in [3.63, 3.8) is 0 Å². The zero-order valence-corrected chi connectivity index (χ0v) is 12.7. The molecule has 2 aromatic carbocycles. The molecule has 0 bridgehead atoms. The molecule has 0 atom stereocenters. The highest BCUT2D eigenvalue weighted by molar-refractivity contribution is 6.33. The quantitative estimate of drug-likeness (QED) is 0.627. The number of nitrogens with one attached hydrogen (secondary N) is 1. The lowest BCUT2D eigenvalue weighted by molar-refractivity contribution is -0.111. The molecule has 1 amide bonds. The van der Waals surface area contributed by atoms with Gasteiger partial charge in [0.1, 0.15) is 12.4 Å². The van der Waals surface area contributed by atoms with Gasteiger partial charge >= 0.3 is 0 Å². The van der Waals surface area contributed by atoms with Gasteiger partial charge in [0.25, 0.3) is 0 Å². The molecule has 0 saturated carbocycles. The van der Waals surface area contributed by atoms with E-state index in [-0.39, 0.29) is 5.91 Å². The minimum atomic E-state index is -0.236. The average molecular weight is 314 g/mol. The lowest BCUT2D eigenvalue weighted by Crippen LogP contribution is -2.07. The Balaban J connectivity index is 1.95. The van der Waals surface area contributed by atoms with Crippen molar-refractivity contribution in [2.24, 2.45) is 0 Å². The van der Waals surface area contributed by atoms with Gasteiger partial charge in [-0.3, -0.25) is 4.79 Å². The normalized spacial score (nSPS) is 10.4. The van der Waals surface area contributed by atoms with Crippen molar-refractivity contribution in [1.29, 1.82) is 0 Å². The minimum absolute atomic E-state index is 0.236. The molecule has 0 aromatic heterocycles. The maximum absolute atomic E-state index is 11.9. The molecule has 0 spiro atoms. The highest BCUT2D eigenvalue weighted by atomic mass is 35.5. The van der Waals surface area contributed by atoms with Crippen LogP contribution in [0.3, 0.4) is 0 Å². The van der Waals surface area contributed by atoms with Gasteiger partial charge < -0.3 is 10.1 Å². The zero-order chi connectivity index (χ0) is 15.8. The Morgan fingerprint density at radius 3 is 2.59 bits per heavy atom. The van der Waals surface area contributed by atoms with E-state index in [2.05, 4.69) is 11.9 Å². The van der Waals surface area contributed by atoms with Crippen LogP contribution in [-0.2, 0) is 4.79 Å². The molecular weight excluding hydrogens is 298 g/mol. The summed E-state index contributed by atoms with van der Waals surface area (Å²) in [6, 6.07) is 14.5. The first kappa shape index (κ1) is 15.9. The average Bonchev–Trinajstić information content (AvgIpc) is 2.54. The van der Waals surface area contributed by atoms with Gasteiger partial charge in [-0.1, -0.05) is 48.5 Å². The first-order chi connectivity index (χ1) is 10.7. The zero-order valence-electron chi connectivity index (χ0n) is 12.0. The molecule has 4 heteroatoms. The fourth-order valence-electron chi connectivity index (χ4n) is 1.74. The van der Waals surface area contributed by atoms with Crippen molar-refractivity contribution < 1.29 is 9.53 Å². The maximum atomic E-state index is 11.9. The van der Waals surface area contributed by atoms with E-state index in [1.807, 2.05) is 36.4 Å². The van der Waals surface area contributed by atoms with Crippen molar-refractivity contribution in [2.75, 3.05) is 11.9 Å². The number of anilines is 1. The smallest absolute Gasteiger partial charge is 0.248 e. The molecule has 2 rings (SSSR count). The third kappa shape index (κ3) is 4.79.